The molecule has 0 saturated heterocycles. The number of nitrogens with zero attached hydrogens (tertiary/aromatic N) is 2. The minimum absolute atomic E-state index is 0.0708. The quantitative estimate of drug-likeness (QED) is 0.153. The number of hydrogen-bond donors (Lipinski definition) is 2. The van der Waals surface area contributed by atoms with Crippen molar-refractivity contribution in [3.63, 3.8) is 0 Å². The first-order valence-corrected chi connectivity index (χ1v) is 16.6. The van der Waals surface area contributed by atoms with Gasteiger partial charge in [0.05, 0.1) is 11.5 Å². The molecule has 1 aromatic heterocycles. The molecule has 1 aliphatic rings. The lowest BCUT2D eigenvalue weighted by Crippen LogP contribution is -2.35. The molecule has 4 aromatic rings. The Kier molecular flexibility index (Phi) is 9.62. The maximum atomic E-state index is 13.3. The minimum Gasteiger partial charge on any atom is -0.493 e. The van der Waals surface area contributed by atoms with Crippen molar-refractivity contribution < 1.29 is 32.0 Å². The molecule has 10 nitrogen and oxygen atoms in total. The maximum Gasteiger partial charge on any atom is 0.283 e. The summed E-state index contributed by atoms with van der Waals surface area (Å²) in [5.41, 5.74) is 5.45. The van der Waals surface area contributed by atoms with E-state index in [0.717, 1.165) is 45.8 Å². The van der Waals surface area contributed by atoms with Crippen LogP contribution >= 0.6 is 11.3 Å². The molecule has 0 spiro atoms. The Labute approximate surface area is 260 Å². The number of fused-ring (bicyclic) bond motifs is 1. The second-order valence-electron chi connectivity index (χ2n) is 10.5. The summed E-state index contributed by atoms with van der Waals surface area (Å²) in [6.45, 7) is 5.22. The Morgan fingerprint density at radius 2 is 1.89 bits per heavy atom. The van der Waals surface area contributed by atoms with Gasteiger partial charge in [-0.1, -0.05) is 41.7 Å². The van der Waals surface area contributed by atoms with Gasteiger partial charge in [0.15, 0.2) is 0 Å². The number of aryl methyl sites for hydroxylation is 1. The molecule has 2 amide bonds. The highest BCUT2D eigenvalue weighted by molar-refractivity contribution is 7.85. The molecule has 0 atom stereocenters. The average Bonchev–Trinajstić information content (AvgIpc) is 3.47. The molecule has 0 radical (unpaired) electrons. The number of ether oxygens (including phenoxy) is 2. The van der Waals surface area contributed by atoms with Gasteiger partial charge in [-0.2, -0.15) is 8.42 Å². The van der Waals surface area contributed by atoms with Crippen LogP contribution in [0, 0.1) is 13.8 Å². The second-order valence-corrected chi connectivity index (χ2v) is 12.9. The van der Waals surface area contributed by atoms with Gasteiger partial charge >= 0.3 is 0 Å². The van der Waals surface area contributed by atoms with Crippen LogP contribution in [-0.2, 0) is 21.3 Å². The SMILES string of the molecule is Cc1cccc(OCCCC(=O)N2CCCc3c(-c4cnc(Oc5cccc(C(=O)NCS(=O)(=O)O)c5)s4)cccc32)c1C. The maximum absolute atomic E-state index is 13.3. The van der Waals surface area contributed by atoms with Crippen molar-refractivity contribution in [2.45, 2.75) is 39.5 Å². The molecule has 0 saturated carbocycles. The molecule has 230 valence electrons. The number of thiazole rings is 1. The van der Waals surface area contributed by atoms with E-state index in [4.69, 9.17) is 14.0 Å². The Balaban J connectivity index is 1.24. The van der Waals surface area contributed by atoms with Crippen molar-refractivity contribution in [1.29, 1.82) is 0 Å². The molecule has 44 heavy (non-hydrogen) atoms. The number of carbonyl (C=O) groups is 2. The first-order valence-electron chi connectivity index (χ1n) is 14.2. The van der Waals surface area contributed by atoms with Crippen LogP contribution in [0.25, 0.3) is 10.4 Å². The molecule has 12 heteroatoms. The van der Waals surface area contributed by atoms with Crippen molar-refractivity contribution >= 4 is 39.0 Å². The molecular weight excluding hydrogens is 603 g/mol. The molecule has 5 rings (SSSR count). The first kappa shape index (κ1) is 31.2. The minimum atomic E-state index is -4.34. The molecule has 0 bridgehead atoms. The zero-order valence-corrected chi connectivity index (χ0v) is 26.0. The van der Waals surface area contributed by atoms with Crippen molar-refractivity contribution in [1.82, 2.24) is 10.3 Å². The van der Waals surface area contributed by atoms with Gasteiger partial charge in [-0.25, -0.2) is 4.98 Å². The molecule has 2 N–H and O–H groups in total. The van der Waals surface area contributed by atoms with E-state index in [1.807, 2.05) is 42.2 Å². The Hall–Kier alpha value is -4.26. The highest BCUT2D eigenvalue weighted by atomic mass is 32.2. The standard InChI is InChI=1S/C32H33N3O7S2/c1-21-8-3-14-28(22(21)2)41-17-7-15-30(36)35-16-6-12-25-26(11-5-13-27(25)35)29-19-33-32(43-29)42-24-10-4-9-23(18-24)31(37)34-20-44(38,39)40/h3-5,8-11,13-14,18-19H,6-7,12,15-17,20H2,1-2H3,(H,34,37)(H,38,39,40). The Morgan fingerprint density at radius 3 is 2.70 bits per heavy atom. The van der Waals surface area contributed by atoms with Gasteiger partial charge in [0, 0.05) is 30.4 Å². The Morgan fingerprint density at radius 1 is 1.09 bits per heavy atom. The van der Waals surface area contributed by atoms with Gasteiger partial charge in [-0.05, 0) is 85.7 Å². The van der Waals surface area contributed by atoms with Crippen LogP contribution < -0.4 is 19.7 Å². The van der Waals surface area contributed by atoms with Crippen LogP contribution in [-0.4, -0.2) is 48.8 Å². The summed E-state index contributed by atoms with van der Waals surface area (Å²) in [4.78, 5) is 32.7. The molecule has 0 unspecified atom stereocenters. The predicted molar refractivity (Wildman–Crippen MR) is 169 cm³/mol. The average molecular weight is 636 g/mol. The van der Waals surface area contributed by atoms with Gasteiger partial charge in [0.2, 0.25) is 5.91 Å². The van der Waals surface area contributed by atoms with E-state index in [9.17, 15) is 18.0 Å². The van der Waals surface area contributed by atoms with E-state index in [1.54, 1.807) is 18.3 Å². The van der Waals surface area contributed by atoms with Gasteiger partial charge in [0.1, 0.15) is 17.4 Å². The number of hydrogen-bond acceptors (Lipinski definition) is 8. The molecule has 2 heterocycles. The van der Waals surface area contributed by atoms with Crippen molar-refractivity contribution in [3.05, 3.63) is 89.1 Å². The van der Waals surface area contributed by atoms with Crippen LogP contribution in [0.3, 0.4) is 0 Å². The predicted octanol–water partition coefficient (Wildman–Crippen LogP) is 5.93. The summed E-state index contributed by atoms with van der Waals surface area (Å²) < 4.78 is 42.6. The third-order valence-electron chi connectivity index (χ3n) is 7.37. The molecule has 0 fully saturated rings. The van der Waals surface area contributed by atoms with Crippen LogP contribution in [0.2, 0.25) is 0 Å². The first-order chi connectivity index (χ1) is 21.1. The molecule has 3 aromatic carbocycles. The summed E-state index contributed by atoms with van der Waals surface area (Å²) in [6, 6.07) is 18.1. The third kappa shape index (κ3) is 7.62. The molecular formula is C32H33N3O7S2. The van der Waals surface area contributed by atoms with E-state index in [0.29, 0.717) is 36.9 Å². The van der Waals surface area contributed by atoms with Gasteiger partial charge in [0.25, 0.3) is 21.2 Å². The summed E-state index contributed by atoms with van der Waals surface area (Å²) >= 11 is 1.34. The van der Waals surface area contributed by atoms with Gasteiger partial charge < -0.3 is 19.7 Å². The van der Waals surface area contributed by atoms with E-state index < -0.39 is 21.9 Å². The van der Waals surface area contributed by atoms with Gasteiger partial charge in [-0.3, -0.25) is 14.1 Å². The zero-order chi connectivity index (χ0) is 31.3. The summed E-state index contributed by atoms with van der Waals surface area (Å²) in [5.74, 6) is -0.288. The lowest BCUT2D eigenvalue weighted by Gasteiger charge is -2.31. The van der Waals surface area contributed by atoms with Crippen LogP contribution in [0.4, 0.5) is 5.69 Å². The van der Waals surface area contributed by atoms with E-state index in [1.165, 1.54) is 29.0 Å². The lowest BCUT2D eigenvalue weighted by molar-refractivity contribution is -0.118. The summed E-state index contributed by atoms with van der Waals surface area (Å²) in [5, 5.41) is 2.50. The van der Waals surface area contributed by atoms with E-state index in [2.05, 4.69) is 23.3 Å². The van der Waals surface area contributed by atoms with Gasteiger partial charge in [-0.15, -0.1) is 0 Å². The topological polar surface area (TPSA) is 135 Å². The number of nitrogens with one attached hydrogen (secondary N) is 1. The van der Waals surface area contributed by atoms with Crippen LogP contribution in [0.5, 0.6) is 16.7 Å². The van der Waals surface area contributed by atoms with E-state index >= 15 is 0 Å². The van der Waals surface area contributed by atoms with Crippen molar-refractivity contribution in [3.8, 4) is 27.1 Å². The summed E-state index contributed by atoms with van der Waals surface area (Å²) in [6.07, 6.45) is 4.42. The number of amides is 2. The highest BCUT2D eigenvalue weighted by Crippen LogP contribution is 2.40. The second kappa shape index (κ2) is 13.6. The van der Waals surface area contributed by atoms with Crippen molar-refractivity contribution in [2.75, 3.05) is 23.9 Å². The number of carbonyl (C=O) groups excluding carboxylic acids is 2. The van der Waals surface area contributed by atoms with Crippen LogP contribution in [0.15, 0.2) is 66.9 Å². The Bertz CT molecular complexity index is 1790. The number of anilines is 1. The largest absolute Gasteiger partial charge is 0.493 e. The number of benzene rings is 3. The van der Waals surface area contributed by atoms with Crippen LogP contribution in [0.1, 0.15) is 46.3 Å². The smallest absolute Gasteiger partial charge is 0.283 e. The monoisotopic (exact) mass is 635 g/mol. The molecule has 1 aliphatic heterocycles. The summed E-state index contributed by atoms with van der Waals surface area (Å²) in [7, 11) is -4.34. The molecule has 0 aliphatic carbocycles. The normalized spacial score (nSPS) is 12.8. The number of rotatable bonds is 11. The third-order valence-corrected chi connectivity index (χ3v) is 8.78. The fourth-order valence-corrected chi connectivity index (χ4v) is 6.18. The lowest BCUT2D eigenvalue weighted by atomic mass is 9.95. The van der Waals surface area contributed by atoms with E-state index in [-0.39, 0.29) is 11.5 Å². The fraction of sp³-hybridized carbons (Fsp3) is 0.281. The highest BCUT2D eigenvalue weighted by Gasteiger charge is 2.25. The fourth-order valence-electron chi connectivity index (χ4n) is 5.03. The van der Waals surface area contributed by atoms with Crippen molar-refractivity contribution in [2.24, 2.45) is 0 Å². The number of aromatic nitrogens is 1. The zero-order valence-electron chi connectivity index (χ0n) is 24.4.